The number of carbonyl (C=O) groups is 2. The average Bonchev–Trinajstić information content (AvgIpc) is 3.03. The minimum absolute atomic E-state index is 0.118. The number of benzene rings is 1. The van der Waals surface area contributed by atoms with Gasteiger partial charge < -0.3 is 4.98 Å². The molecular weight excluding hydrogens is 337 g/mol. The predicted molar refractivity (Wildman–Crippen MR) is 82.5 cm³/mol. The van der Waals surface area contributed by atoms with Crippen LogP contribution in [0.5, 0.6) is 0 Å². The summed E-state index contributed by atoms with van der Waals surface area (Å²) in [6.07, 6.45) is -2.31. The van der Waals surface area contributed by atoms with Crippen LogP contribution in [0, 0.1) is 0 Å². The zero-order valence-corrected chi connectivity index (χ0v) is 12.5. The van der Waals surface area contributed by atoms with Crippen molar-refractivity contribution in [3.63, 3.8) is 0 Å². The van der Waals surface area contributed by atoms with Crippen LogP contribution in [0.4, 0.5) is 13.2 Å². The van der Waals surface area contributed by atoms with Gasteiger partial charge in [-0.2, -0.15) is 13.2 Å². The molecule has 0 radical (unpaired) electrons. The fourth-order valence-electron chi connectivity index (χ4n) is 2.21. The molecule has 0 fully saturated rings. The van der Waals surface area contributed by atoms with Crippen molar-refractivity contribution in [3.8, 4) is 0 Å². The van der Waals surface area contributed by atoms with Crippen LogP contribution in [0.2, 0.25) is 0 Å². The van der Waals surface area contributed by atoms with E-state index in [4.69, 9.17) is 0 Å². The Kier molecular flexibility index (Phi) is 4.14. The van der Waals surface area contributed by atoms with Gasteiger partial charge in [-0.1, -0.05) is 18.2 Å². The number of nitrogens with one attached hydrogen (secondary N) is 3. The molecule has 1 aromatic carbocycles. The van der Waals surface area contributed by atoms with E-state index in [1.54, 1.807) is 24.3 Å². The van der Waals surface area contributed by atoms with E-state index in [9.17, 15) is 22.8 Å². The quantitative estimate of drug-likeness (QED) is 0.622. The molecular formula is C16H11F3N4O2. The van der Waals surface area contributed by atoms with Crippen molar-refractivity contribution >= 4 is 22.7 Å². The van der Waals surface area contributed by atoms with Gasteiger partial charge >= 0.3 is 6.18 Å². The number of nitrogens with zero attached hydrogens (tertiary/aromatic N) is 1. The van der Waals surface area contributed by atoms with Gasteiger partial charge in [-0.05, 0) is 18.2 Å². The molecule has 6 nitrogen and oxygen atoms in total. The zero-order chi connectivity index (χ0) is 18.0. The highest BCUT2D eigenvalue weighted by Gasteiger charge is 2.32. The van der Waals surface area contributed by atoms with E-state index in [1.807, 2.05) is 0 Å². The summed E-state index contributed by atoms with van der Waals surface area (Å²) in [6.45, 7) is 0. The van der Waals surface area contributed by atoms with Crippen LogP contribution >= 0.6 is 0 Å². The van der Waals surface area contributed by atoms with Crippen LogP contribution in [0.1, 0.15) is 26.4 Å². The first-order chi connectivity index (χ1) is 11.9. The summed E-state index contributed by atoms with van der Waals surface area (Å²) in [4.78, 5) is 30.1. The molecule has 0 spiro atoms. The SMILES string of the molecule is O=C(NNC(=O)c1c[nH]c2ccccc12)c1ccc(C(F)(F)F)nc1. The van der Waals surface area contributed by atoms with Crippen molar-refractivity contribution in [2.75, 3.05) is 0 Å². The van der Waals surface area contributed by atoms with Gasteiger partial charge in [0.2, 0.25) is 0 Å². The van der Waals surface area contributed by atoms with Gasteiger partial charge in [-0.3, -0.25) is 25.4 Å². The molecule has 3 rings (SSSR count). The van der Waals surface area contributed by atoms with Crippen LogP contribution in [-0.2, 0) is 6.18 Å². The molecule has 0 bridgehead atoms. The van der Waals surface area contributed by atoms with Gasteiger partial charge in [0.05, 0.1) is 11.1 Å². The van der Waals surface area contributed by atoms with Crippen LogP contribution < -0.4 is 10.9 Å². The van der Waals surface area contributed by atoms with E-state index < -0.39 is 23.7 Å². The first kappa shape index (κ1) is 16.5. The Morgan fingerprint density at radius 3 is 2.40 bits per heavy atom. The number of halogens is 3. The lowest BCUT2D eigenvalue weighted by atomic mass is 10.2. The summed E-state index contributed by atoms with van der Waals surface area (Å²) in [6, 6.07) is 8.76. The van der Waals surface area contributed by atoms with Crippen LogP contribution in [0.3, 0.4) is 0 Å². The highest BCUT2D eigenvalue weighted by Crippen LogP contribution is 2.27. The molecule has 25 heavy (non-hydrogen) atoms. The van der Waals surface area contributed by atoms with E-state index in [-0.39, 0.29) is 5.56 Å². The number of amides is 2. The molecule has 0 atom stereocenters. The number of pyridine rings is 1. The molecule has 2 aromatic heterocycles. The number of hydrogen-bond donors (Lipinski definition) is 3. The average molecular weight is 348 g/mol. The van der Waals surface area contributed by atoms with E-state index >= 15 is 0 Å². The highest BCUT2D eigenvalue weighted by molar-refractivity contribution is 6.07. The minimum atomic E-state index is -4.58. The largest absolute Gasteiger partial charge is 0.433 e. The summed E-state index contributed by atoms with van der Waals surface area (Å²) < 4.78 is 37.3. The van der Waals surface area contributed by atoms with E-state index in [2.05, 4.69) is 20.8 Å². The lowest BCUT2D eigenvalue weighted by molar-refractivity contribution is -0.141. The maximum Gasteiger partial charge on any atom is 0.433 e. The van der Waals surface area contributed by atoms with Crippen molar-refractivity contribution < 1.29 is 22.8 Å². The summed E-state index contributed by atoms with van der Waals surface area (Å²) in [5.74, 6) is -1.35. The molecule has 0 aliphatic rings. The van der Waals surface area contributed by atoms with Crippen molar-refractivity contribution in [3.05, 3.63) is 65.6 Å². The maximum absolute atomic E-state index is 12.4. The molecule has 2 heterocycles. The lowest BCUT2D eigenvalue weighted by Crippen LogP contribution is -2.41. The van der Waals surface area contributed by atoms with Crippen LogP contribution in [0.25, 0.3) is 10.9 Å². The molecule has 128 valence electrons. The smallest absolute Gasteiger partial charge is 0.360 e. The number of aromatic nitrogens is 2. The number of para-hydroxylation sites is 1. The second-order valence-electron chi connectivity index (χ2n) is 5.09. The number of rotatable bonds is 2. The highest BCUT2D eigenvalue weighted by atomic mass is 19.4. The fraction of sp³-hybridized carbons (Fsp3) is 0.0625. The van der Waals surface area contributed by atoms with Gasteiger partial charge in [0, 0.05) is 23.3 Å². The molecule has 0 saturated heterocycles. The molecule has 9 heteroatoms. The molecule has 0 saturated carbocycles. The summed E-state index contributed by atoms with van der Waals surface area (Å²) in [5.41, 5.74) is 4.20. The first-order valence-electron chi connectivity index (χ1n) is 7.06. The minimum Gasteiger partial charge on any atom is -0.360 e. The molecule has 3 aromatic rings. The van der Waals surface area contributed by atoms with Gasteiger partial charge in [0.1, 0.15) is 5.69 Å². The topological polar surface area (TPSA) is 86.9 Å². The Balaban J connectivity index is 1.67. The van der Waals surface area contributed by atoms with Gasteiger partial charge in [0.25, 0.3) is 11.8 Å². The number of hydrogen-bond acceptors (Lipinski definition) is 3. The fourth-order valence-corrected chi connectivity index (χ4v) is 2.21. The number of hydrazine groups is 1. The zero-order valence-electron chi connectivity index (χ0n) is 12.5. The van der Waals surface area contributed by atoms with Gasteiger partial charge in [-0.15, -0.1) is 0 Å². The van der Waals surface area contributed by atoms with Crippen molar-refractivity contribution in [1.29, 1.82) is 0 Å². The van der Waals surface area contributed by atoms with E-state index in [0.29, 0.717) is 17.0 Å². The summed E-state index contributed by atoms with van der Waals surface area (Å²) in [5, 5.41) is 0.672. The number of aromatic amines is 1. The van der Waals surface area contributed by atoms with Gasteiger partial charge in [-0.25, -0.2) is 0 Å². The predicted octanol–water partition coefficient (Wildman–Crippen LogP) is 2.66. The van der Waals surface area contributed by atoms with Crippen molar-refractivity contribution in [1.82, 2.24) is 20.8 Å². The summed E-state index contributed by atoms with van der Waals surface area (Å²) >= 11 is 0. The Bertz CT molecular complexity index is 932. The standard InChI is InChI=1S/C16H11F3N4O2/c17-16(18,19)13-6-5-9(7-21-13)14(24)22-23-15(25)11-8-20-12-4-2-1-3-10(11)12/h1-8,20H,(H,22,24)(H,23,25). The third-order valence-electron chi connectivity index (χ3n) is 3.44. The molecule has 0 unspecified atom stereocenters. The third-order valence-corrected chi connectivity index (χ3v) is 3.44. The lowest BCUT2D eigenvalue weighted by Gasteiger charge is -2.08. The Hall–Kier alpha value is -3.36. The second kappa shape index (κ2) is 6.27. The van der Waals surface area contributed by atoms with E-state index in [1.165, 1.54) is 6.20 Å². The van der Waals surface area contributed by atoms with Crippen LogP contribution in [0.15, 0.2) is 48.8 Å². The monoisotopic (exact) mass is 348 g/mol. The third kappa shape index (κ3) is 3.44. The Morgan fingerprint density at radius 2 is 1.72 bits per heavy atom. The number of fused-ring (bicyclic) bond motifs is 1. The molecule has 0 aliphatic heterocycles. The number of alkyl halides is 3. The van der Waals surface area contributed by atoms with Gasteiger partial charge in [0.15, 0.2) is 0 Å². The van der Waals surface area contributed by atoms with E-state index in [0.717, 1.165) is 17.8 Å². The normalized spacial score (nSPS) is 11.3. The number of carbonyl (C=O) groups excluding carboxylic acids is 2. The maximum atomic E-state index is 12.4. The Morgan fingerprint density at radius 1 is 1.00 bits per heavy atom. The summed E-state index contributed by atoms with van der Waals surface area (Å²) in [7, 11) is 0. The number of H-pyrrole nitrogens is 1. The van der Waals surface area contributed by atoms with Crippen molar-refractivity contribution in [2.45, 2.75) is 6.18 Å². The van der Waals surface area contributed by atoms with Crippen molar-refractivity contribution in [2.24, 2.45) is 0 Å². The molecule has 0 aliphatic carbocycles. The molecule has 3 N–H and O–H groups in total. The Labute approximate surface area is 139 Å². The molecule has 2 amide bonds. The first-order valence-corrected chi connectivity index (χ1v) is 7.06. The van der Waals surface area contributed by atoms with Crippen LogP contribution in [-0.4, -0.2) is 21.8 Å². The second-order valence-corrected chi connectivity index (χ2v) is 5.09.